The van der Waals surface area contributed by atoms with Crippen LogP contribution >= 0.6 is 0 Å². The first-order valence-electron chi connectivity index (χ1n) is 12.2. The molecule has 184 valence electrons. The molecule has 2 aromatic carbocycles. The minimum absolute atomic E-state index is 0.0227. The average molecular weight is 466 g/mol. The monoisotopic (exact) mass is 465 g/mol. The standard InChI is InChI=1S/C28H39N3O3/c1-20(2)25(30-26(32)23-9-11-24(12-10-23)28(3,4)5)27(33)29-18-21-7-6-8-22(17-21)19-31-13-15-34-16-14-31/h6-12,17,20,25H,13-16,18-19H2,1-5H3,(H,29,33)(H,30,32). The Kier molecular flexibility index (Phi) is 8.86. The third kappa shape index (κ3) is 7.40. The second kappa shape index (κ2) is 11.6. The van der Waals surface area contributed by atoms with E-state index >= 15 is 0 Å². The predicted molar refractivity (Wildman–Crippen MR) is 136 cm³/mol. The maximum absolute atomic E-state index is 13.0. The molecule has 1 atom stereocenters. The summed E-state index contributed by atoms with van der Waals surface area (Å²) < 4.78 is 5.42. The average Bonchev–Trinajstić information content (AvgIpc) is 2.81. The summed E-state index contributed by atoms with van der Waals surface area (Å²) in [6.07, 6.45) is 0. The van der Waals surface area contributed by atoms with Gasteiger partial charge in [0.05, 0.1) is 13.2 Å². The Morgan fingerprint density at radius 3 is 2.26 bits per heavy atom. The van der Waals surface area contributed by atoms with Crippen molar-refractivity contribution in [2.45, 2.75) is 59.2 Å². The van der Waals surface area contributed by atoms with Gasteiger partial charge in [0, 0.05) is 31.7 Å². The van der Waals surface area contributed by atoms with Gasteiger partial charge in [-0.1, -0.05) is 71.0 Å². The van der Waals surface area contributed by atoms with E-state index in [0.717, 1.165) is 44.0 Å². The number of carbonyl (C=O) groups is 2. The Bertz CT molecular complexity index is 958. The van der Waals surface area contributed by atoms with Gasteiger partial charge in [0.2, 0.25) is 5.91 Å². The summed E-state index contributed by atoms with van der Waals surface area (Å²) in [5.41, 5.74) is 4.02. The topological polar surface area (TPSA) is 70.7 Å². The number of nitrogens with one attached hydrogen (secondary N) is 2. The number of rotatable bonds is 8. The number of ether oxygens (including phenoxy) is 1. The highest BCUT2D eigenvalue weighted by atomic mass is 16.5. The fraction of sp³-hybridized carbons (Fsp3) is 0.500. The summed E-state index contributed by atoms with van der Waals surface area (Å²) in [7, 11) is 0. The number of carbonyl (C=O) groups excluding carboxylic acids is 2. The van der Waals surface area contributed by atoms with Crippen LogP contribution in [-0.4, -0.2) is 49.1 Å². The number of hydrogen-bond donors (Lipinski definition) is 2. The first kappa shape index (κ1) is 25.9. The predicted octanol–water partition coefficient (Wildman–Crippen LogP) is 3.89. The van der Waals surface area contributed by atoms with Crippen molar-refractivity contribution in [3.63, 3.8) is 0 Å². The van der Waals surface area contributed by atoms with E-state index in [2.05, 4.69) is 48.4 Å². The highest BCUT2D eigenvalue weighted by Gasteiger charge is 2.25. The molecule has 0 spiro atoms. The first-order chi connectivity index (χ1) is 16.1. The van der Waals surface area contributed by atoms with Gasteiger partial charge in [0.15, 0.2) is 0 Å². The van der Waals surface area contributed by atoms with E-state index in [0.29, 0.717) is 12.1 Å². The Balaban J connectivity index is 1.57. The van der Waals surface area contributed by atoms with Gasteiger partial charge in [0.1, 0.15) is 6.04 Å². The van der Waals surface area contributed by atoms with Crippen LogP contribution in [0.1, 0.15) is 61.7 Å². The van der Waals surface area contributed by atoms with Crippen molar-refractivity contribution >= 4 is 11.8 Å². The van der Waals surface area contributed by atoms with Crippen LogP contribution in [0.25, 0.3) is 0 Å². The van der Waals surface area contributed by atoms with Crippen LogP contribution in [0.3, 0.4) is 0 Å². The van der Waals surface area contributed by atoms with Crippen molar-refractivity contribution in [1.29, 1.82) is 0 Å². The highest BCUT2D eigenvalue weighted by Crippen LogP contribution is 2.22. The molecular formula is C28H39N3O3. The second-order valence-corrected chi connectivity index (χ2v) is 10.4. The second-order valence-electron chi connectivity index (χ2n) is 10.4. The van der Waals surface area contributed by atoms with Gasteiger partial charge in [-0.25, -0.2) is 0 Å². The molecule has 34 heavy (non-hydrogen) atoms. The van der Waals surface area contributed by atoms with Gasteiger partial charge in [0.25, 0.3) is 5.91 Å². The van der Waals surface area contributed by atoms with E-state index in [1.807, 2.05) is 50.2 Å². The number of morpholine rings is 1. The van der Waals surface area contributed by atoms with Crippen molar-refractivity contribution in [3.05, 3.63) is 70.8 Å². The molecule has 0 bridgehead atoms. The number of hydrogen-bond acceptors (Lipinski definition) is 4. The molecule has 2 N–H and O–H groups in total. The lowest BCUT2D eigenvalue weighted by Crippen LogP contribution is -2.49. The highest BCUT2D eigenvalue weighted by molar-refractivity contribution is 5.97. The van der Waals surface area contributed by atoms with Gasteiger partial charge in [-0.15, -0.1) is 0 Å². The lowest BCUT2D eigenvalue weighted by molar-refractivity contribution is -0.124. The third-order valence-electron chi connectivity index (χ3n) is 6.22. The molecule has 1 aliphatic heterocycles. The van der Waals surface area contributed by atoms with E-state index in [9.17, 15) is 9.59 Å². The Morgan fingerprint density at radius 2 is 1.65 bits per heavy atom. The minimum Gasteiger partial charge on any atom is -0.379 e. The van der Waals surface area contributed by atoms with Crippen molar-refractivity contribution in [2.24, 2.45) is 5.92 Å². The molecule has 2 aromatic rings. The molecule has 0 saturated carbocycles. The molecule has 0 aromatic heterocycles. The molecular weight excluding hydrogens is 426 g/mol. The summed E-state index contributed by atoms with van der Waals surface area (Å²) in [4.78, 5) is 28.2. The molecule has 1 heterocycles. The summed E-state index contributed by atoms with van der Waals surface area (Å²) in [6.45, 7) is 15.0. The lowest BCUT2D eigenvalue weighted by Gasteiger charge is -2.26. The molecule has 6 heteroatoms. The molecule has 1 unspecified atom stereocenters. The number of amides is 2. The van der Waals surface area contributed by atoms with Crippen molar-refractivity contribution < 1.29 is 14.3 Å². The Labute approximate surface area is 204 Å². The first-order valence-corrected chi connectivity index (χ1v) is 12.2. The molecule has 0 radical (unpaired) electrons. The van der Waals surface area contributed by atoms with Crippen molar-refractivity contribution in [2.75, 3.05) is 26.3 Å². The molecule has 2 amide bonds. The third-order valence-corrected chi connectivity index (χ3v) is 6.22. The summed E-state index contributed by atoms with van der Waals surface area (Å²) in [6, 6.07) is 15.3. The van der Waals surface area contributed by atoms with E-state index in [1.165, 1.54) is 5.56 Å². The van der Waals surface area contributed by atoms with Crippen LogP contribution in [0.5, 0.6) is 0 Å². The van der Waals surface area contributed by atoms with Crippen molar-refractivity contribution in [3.8, 4) is 0 Å². The van der Waals surface area contributed by atoms with Crippen LogP contribution in [0.2, 0.25) is 0 Å². The Hall–Kier alpha value is -2.70. The largest absolute Gasteiger partial charge is 0.379 e. The Morgan fingerprint density at radius 1 is 1.00 bits per heavy atom. The van der Waals surface area contributed by atoms with Gasteiger partial charge in [-0.3, -0.25) is 14.5 Å². The van der Waals surface area contributed by atoms with Crippen LogP contribution in [0.4, 0.5) is 0 Å². The SMILES string of the molecule is CC(C)C(NC(=O)c1ccc(C(C)(C)C)cc1)C(=O)NCc1cccc(CN2CCOCC2)c1. The van der Waals surface area contributed by atoms with E-state index in [4.69, 9.17) is 4.74 Å². The zero-order valence-corrected chi connectivity index (χ0v) is 21.2. The minimum atomic E-state index is -0.605. The fourth-order valence-corrected chi connectivity index (χ4v) is 4.04. The maximum atomic E-state index is 13.0. The number of benzene rings is 2. The van der Waals surface area contributed by atoms with Crippen LogP contribution in [0.15, 0.2) is 48.5 Å². The number of nitrogens with zero attached hydrogens (tertiary/aromatic N) is 1. The normalized spacial score (nSPS) is 15.7. The van der Waals surface area contributed by atoms with Crippen LogP contribution in [-0.2, 0) is 28.0 Å². The zero-order valence-electron chi connectivity index (χ0n) is 21.2. The van der Waals surface area contributed by atoms with Gasteiger partial charge in [-0.2, -0.15) is 0 Å². The van der Waals surface area contributed by atoms with Crippen LogP contribution < -0.4 is 10.6 Å². The van der Waals surface area contributed by atoms with E-state index < -0.39 is 6.04 Å². The van der Waals surface area contributed by atoms with Crippen molar-refractivity contribution in [1.82, 2.24) is 15.5 Å². The van der Waals surface area contributed by atoms with Gasteiger partial charge < -0.3 is 15.4 Å². The van der Waals surface area contributed by atoms with Gasteiger partial charge >= 0.3 is 0 Å². The molecule has 3 rings (SSSR count). The quantitative estimate of drug-likeness (QED) is 0.621. The van der Waals surface area contributed by atoms with E-state index in [1.54, 1.807) is 0 Å². The van der Waals surface area contributed by atoms with E-state index in [-0.39, 0.29) is 23.1 Å². The molecule has 1 fully saturated rings. The molecule has 0 aliphatic carbocycles. The fourth-order valence-electron chi connectivity index (χ4n) is 4.04. The maximum Gasteiger partial charge on any atom is 0.251 e. The van der Waals surface area contributed by atoms with Crippen LogP contribution in [0, 0.1) is 5.92 Å². The molecule has 1 aliphatic rings. The summed E-state index contributed by atoms with van der Waals surface area (Å²) in [5.74, 6) is -0.444. The molecule has 6 nitrogen and oxygen atoms in total. The zero-order chi connectivity index (χ0) is 24.7. The lowest BCUT2D eigenvalue weighted by atomic mass is 9.86. The van der Waals surface area contributed by atoms with Gasteiger partial charge in [-0.05, 0) is 40.2 Å². The smallest absolute Gasteiger partial charge is 0.251 e. The molecule has 1 saturated heterocycles. The summed E-state index contributed by atoms with van der Waals surface area (Å²) >= 11 is 0. The summed E-state index contributed by atoms with van der Waals surface area (Å²) in [5, 5.41) is 5.93.